The minimum atomic E-state index is 0.349. The molecule has 19 aromatic rings. The van der Waals surface area contributed by atoms with E-state index in [-0.39, 0.29) is 0 Å². The first-order valence-corrected chi connectivity index (χ1v) is 29.5. The predicted octanol–water partition coefficient (Wildman–Crippen LogP) is 21.0. The van der Waals surface area contributed by atoms with Gasteiger partial charge in [-0.15, -0.1) is 0 Å². The zero-order valence-corrected chi connectivity index (χ0v) is 46.9. The second-order valence-corrected chi connectivity index (χ2v) is 22.9. The van der Waals surface area contributed by atoms with Gasteiger partial charge in [-0.1, -0.05) is 188 Å². The van der Waals surface area contributed by atoms with Crippen molar-refractivity contribution in [3.05, 3.63) is 278 Å². The molecule has 0 unspecified atom stereocenters. The summed E-state index contributed by atoms with van der Waals surface area (Å²) < 4.78 is 22.8. The van der Waals surface area contributed by atoms with Crippen LogP contribution in [0.2, 0.25) is 0 Å². The standard InChI is InChI=1S/C80H44N6O2/c81-45-63-76(85-67-31-15-10-26-54(67)61-44-74-62(43-71(61)85)56-28-12-17-33-72(56)87-74)75(83-65-29-13-8-24-52(65)59-41-49(35-39-69(59)83)47-19-3-1-4-20-47)64(46-82)78(77(63)84-66-30-14-9-25-53(66)60-42-50(36-40-70(60)84)48-21-5-2-6-22-48)86-68-32-16-7-23-51(68)57-37-38-58-55-27-11-18-34-73(55)88-80(58)79(57)86/h1-44H. The van der Waals surface area contributed by atoms with Crippen molar-refractivity contribution in [2.45, 2.75) is 0 Å². The number of furan rings is 2. The highest BCUT2D eigenvalue weighted by molar-refractivity contribution is 6.23. The summed E-state index contributed by atoms with van der Waals surface area (Å²) in [6, 6.07) is 99.0. The number of benzene rings is 13. The maximum Gasteiger partial charge on any atom is 0.160 e. The first kappa shape index (κ1) is 48.1. The summed E-state index contributed by atoms with van der Waals surface area (Å²) >= 11 is 0. The molecule has 0 radical (unpaired) electrons. The molecule has 0 bridgehead atoms. The Labute approximate surface area is 501 Å². The molecule has 0 atom stereocenters. The SMILES string of the molecule is N#Cc1c(-n2c3ccccc3c3cc4oc5ccccc5c4cc32)c(-n2c3ccccc3c3cc(-c4ccccc4)ccc32)c(C#N)c(-n2c3ccccc3c3ccc4c5ccccc5oc4c32)c1-n1c2ccccc2c2cc(-c3ccccc3)ccc21. The van der Waals surface area contributed by atoms with E-state index in [0.717, 1.165) is 148 Å². The number of hydrogen-bond acceptors (Lipinski definition) is 4. The van der Waals surface area contributed by atoms with Crippen molar-refractivity contribution in [3.8, 4) is 57.1 Å². The van der Waals surface area contributed by atoms with E-state index in [1.807, 2.05) is 48.5 Å². The molecule has 0 aliphatic carbocycles. The quantitative estimate of drug-likeness (QED) is 0.166. The van der Waals surface area contributed by atoms with E-state index in [1.54, 1.807) is 0 Å². The summed E-state index contributed by atoms with van der Waals surface area (Å²) in [6.45, 7) is 0. The van der Waals surface area contributed by atoms with Crippen molar-refractivity contribution in [2.24, 2.45) is 0 Å². The van der Waals surface area contributed by atoms with Gasteiger partial charge in [-0.3, -0.25) is 0 Å². The average Bonchev–Trinajstić information content (AvgIpc) is 1.47. The normalized spacial score (nSPS) is 12.1. The second-order valence-electron chi connectivity index (χ2n) is 22.9. The van der Waals surface area contributed by atoms with Crippen LogP contribution in [0, 0.1) is 22.7 Å². The minimum absolute atomic E-state index is 0.349. The second kappa shape index (κ2) is 18.1. The molecular weight excluding hydrogens is 1080 g/mol. The van der Waals surface area contributed by atoms with Gasteiger partial charge in [-0.2, -0.15) is 10.5 Å². The van der Waals surface area contributed by atoms with Crippen molar-refractivity contribution >= 4 is 131 Å². The molecule has 0 N–H and O–H groups in total. The molecule has 19 rings (SSSR count). The highest BCUT2D eigenvalue weighted by atomic mass is 16.3. The van der Waals surface area contributed by atoms with Crippen LogP contribution in [0.25, 0.3) is 176 Å². The lowest BCUT2D eigenvalue weighted by Gasteiger charge is -2.27. The summed E-state index contributed by atoms with van der Waals surface area (Å²) in [7, 11) is 0. The van der Waals surface area contributed by atoms with E-state index < -0.39 is 0 Å². The lowest BCUT2D eigenvalue weighted by Crippen LogP contribution is -2.16. The summed E-state index contributed by atoms with van der Waals surface area (Å²) in [4.78, 5) is 0. The van der Waals surface area contributed by atoms with Gasteiger partial charge in [0.15, 0.2) is 5.58 Å². The Morgan fingerprint density at radius 3 is 1.12 bits per heavy atom. The maximum absolute atomic E-state index is 13.1. The number of aromatic nitrogens is 4. The fourth-order valence-corrected chi connectivity index (χ4v) is 14.7. The lowest BCUT2D eigenvalue weighted by atomic mass is 9.98. The van der Waals surface area contributed by atoms with Crippen LogP contribution in [-0.2, 0) is 0 Å². The van der Waals surface area contributed by atoms with Gasteiger partial charge in [-0.05, 0) is 101 Å². The van der Waals surface area contributed by atoms with E-state index in [2.05, 4.69) is 249 Å². The van der Waals surface area contributed by atoms with Crippen molar-refractivity contribution < 1.29 is 8.83 Å². The van der Waals surface area contributed by atoms with Gasteiger partial charge in [0.1, 0.15) is 40.0 Å². The zero-order valence-electron chi connectivity index (χ0n) is 46.9. The lowest BCUT2D eigenvalue weighted by molar-refractivity contribution is 0.669. The number of nitrogens with zero attached hydrogens (tertiary/aromatic N) is 6. The van der Waals surface area contributed by atoms with Crippen LogP contribution in [0.3, 0.4) is 0 Å². The molecule has 88 heavy (non-hydrogen) atoms. The number of para-hydroxylation sites is 6. The third-order valence-electron chi connectivity index (χ3n) is 18.4. The summed E-state index contributed by atoms with van der Waals surface area (Å²) in [6.07, 6.45) is 0. The first-order valence-electron chi connectivity index (χ1n) is 29.5. The number of rotatable bonds is 6. The smallest absolute Gasteiger partial charge is 0.160 e. The molecule has 406 valence electrons. The molecule has 8 nitrogen and oxygen atoms in total. The number of hydrogen-bond donors (Lipinski definition) is 0. The molecule has 0 aliphatic rings. The van der Waals surface area contributed by atoms with E-state index >= 15 is 0 Å². The van der Waals surface area contributed by atoms with Crippen LogP contribution in [0.5, 0.6) is 0 Å². The van der Waals surface area contributed by atoms with E-state index in [0.29, 0.717) is 39.5 Å². The molecular formula is C80H44N6O2. The average molecular weight is 1120 g/mol. The molecule has 13 aromatic carbocycles. The monoisotopic (exact) mass is 1120 g/mol. The Morgan fingerprint density at radius 1 is 0.239 bits per heavy atom. The molecule has 0 amide bonds. The van der Waals surface area contributed by atoms with Crippen molar-refractivity contribution in [1.82, 2.24) is 18.3 Å². The third-order valence-corrected chi connectivity index (χ3v) is 18.4. The van der Waals surface area contributed by atoms with Gasteiger partial charge in [0.05, 0.1) is 66.9 Å². The van der Waals surface area contributed by atoms with Gasteiger partial charge >= 0.3 is 0 Å². The van der Waals surface area contributed by atoms with Crippen molar-refractivity contribution in [3.63, 3.8) is 0 Å². The van der Waals surface area contributed by atoms with Gasteiger partial charge in [0, 0.05) is 64.6 Å². The topological polar surface area (TPSA) is 93.6 Å². The molecule has 0 spiro atoms. The molecule has 8 heteroatoms. The Balaban J connectivity index is 1.09. The zero-order chi connectivity index (χ0) is 57.9. The molecule has 6 heterocycles. The highest BCUT2D eigenvalue weighted by Gasteiger charge is 2.36. The van der Waals surface area contributed by atoms with Gasteiger partial charge in [0.25, 0.3) is 0 Å². The maximum atomic E-state index is 13.1. The van der Waals surface area contributed by atoms with Crippen LogP contribution in [0.15, 0.2) is 276 Å². The summed E-state index contributed by atoms with van der Waals surface area (Å²) in [5.41, 5.74) is 17.0. The number of nitriles is 2. The molecule has 0 saturated heterocycles. The predicted molar refractivity (Wildman–Crippen MR) is 359 cm³/mol. The molecule has 0 fully saturated rings. The van der Waals surface area contributed by atoms with Crippen molar-refractivity contribution in [2.75, 3.05) is 0 Å². The summed E-state index contributed by atoms with van der Waals surface area (Å²) in [5.74, 6) is 0. The third kappa shape index (κ3) is 6.49. The van der Waals surface area contributed by atoms with E-state index in [4.69, 9.17) is 8.83 Å². The Kier molecular flexibility index (Phi) is 9.87. The Bertz CT molecular complexity index is 6330. The molecule has 0 saturated carbocycles. The van der Waals surface area contributed by atoms with E-state index in [9.17, 15) is 10.5 Å². The Morgan fingerprint density at radius 2 is 0.614 bits per heavy atom. The van der Waals surface area contributed by atoms with Crippen LogP contribution in [0.1, 0.15) is 11.1 Å². The fourth-order valence-electron chi connectivity index (χ4n) is 14.7. The van der Waals surface area contributed by atoms with Crippen LogP contribution < -0.4 is 0 Å². The molecule has 0 aliphatic heterocycles. The van der Waals surface area contributed by atoms with Crippen molar-refractivity contribution in [1.29, 1.82) is 10.5 Å². The van der Waals surface area contributed by atoms with Crippen LogP contribution >= 0.6 is 0 Å². The summed E-state index contributed by atoms with van der Waals surface area (Å²) in [5, 5.41) is 37.9. The minimum Gasteiger partial charge on any atom is -0.456 e. The Hall–Kier alpha value is -12.4. The van der Waals surface area contributed by atoms with Gasteiger partial charge < -0.3 is 27.1 Å². The highest BCUT2D eigenvalue weighted by Crippen LogP contribution is 2.51. The fraction of sp³-hybridized carbons (Fsp3) is 0. The van der Waals surface area contributed by atoms with E-state index in [1.165, 1.54) is 0 Å². The largest absolute Gasteiger partial charge is 0.456 e. The molecule has 6 aromatic heterocycles. The van der Waals surface area contributed by atoms with Gasteiger partial charge in [0.2, 0.25) is 0 Å². The first-order chi connectivity index (χ1) is 43.6. The van der Waals surface area contributed by atoms with Crippen LogP contribution in [-0.4, -0.2) is 18.3 Å². The van der Waals surface area contributed by atoms with Gasteiger partial charge in [-0.25, -0.2) is 0 Å². The number of fused-ring (bicyclic) bond motifs is 19. The van der Waals surface area contributed by atoms with Crippen LogP contribution in [0.4, 0.5) is 0 Å².